The van der Waals surface area contributed by atoms with Gasteiger partial charge in [-0.1, -0.05) is 24.3 Å². The van der Waals surface area contributed by atoms with Crippen LogP contribution in [0.3, 0.4) is 0 Å². The van der Waals surface area contributed by atoms with Gasteiger partial charge in [0.05, 0.1) is 16.0 Å². The van der Waals surface area contributed by atoms with E-state index in [1.165, 1.54) is 21.3 Å². The number of halogens is 3. The average Bonchev–Trinajstić information content (AvgIpc) is 2.68. The summed E-state index contributed by atoms with van der Waals surface area (Å²) in [5, 5.41) is 0. The van der Waals surface area contributed by atoms with Crippen LogP contribution in [-0.2, 0) is 16.2 Å². The average molecular weight is 426 g/mol. The van der Waals surface area contributed by atoms with E-state index in [1.807, 2.05) is 6.07 Å². The highest BCUT2D eigenvalue weighted by Gasteiger charge is 2.37. The Balaban J connectivity index is 1.78. The Bertz CT molecular complexity index is 1030. The monoisotopic (exact) mass is 426 g/mol. The third kappa shape index (κ3) is 4.30. The van der Waals surface area contributed by atoms with Crippen molar-refractivity contribution in [2.45, 2.75) is 24.9 Å². The van der Waals surface area contributed by atoms with E-state index in [0.29, 0.717) is 5.56 Å². The van der Waals surface area contributed by atoms with Gasteiger partial charge in [-0.3, -0.25) is 4.79 Å². The zero-order valence-electron chi connectivity index (χ0n) is 16.0. The van der Waals surface area contributed by atoms with Crippen LogP contribution in [-0.4, -0.2) is 49.7 Å². The summed E-state index contributed by atoms with van der Waals surface area (Å²) in [7, 11) is -3.75. The van der Waals surface area contributed by atoms with E-state index >= 15 is 0 Å². The number of nitrogens with zero attached hydrogens (tertiary/aromatic N) is 2. The Labute approximate surface area is 167 Å². The van der Waals surface area contributed by atoms with Crippen molar-refractivity contribution in [3.05, 3.63) is 64.7 Å². The lowest BCUT2D eigenvalue weighted by atomic mass is 10.1. The molecule has 1 aliphatic rings. The molecule has 0 aliphatic carbocycles. The second-order valence-electron chi connectivity index (χ2n) is 7.01. The number of alkyl halides is 3. The first-order valence-corrected chi connectivity index (χ1v) is 10.5. The molecular weight excluding hydrogens is 405 g/mol. The van der Waals surface area contributed by atoms with Crippen LogP contribution in [0.1, 0.15) is 27.0 Å². The molecule has 156 valence electrons. The molecule has 1 saturated heterocycles. The van der Waals surface area contributed by atoms with Gasteiger partial charge in [-0.05, 0) is 43.2 Å². The summed E-state index contributed by atoms with van der Waals surface area (Å²) in [5.41, 5.74) is 0.0150. The van der Waals surface area contributed by atoms with E-state index in [-0.39, 0.29) is 31.1 Å². The van der Waals surface area contributed by atoms with Crippen molar-refractivity contribution in [3.8, 4) is 0 Å². The van der Waals surface area contributed by atoms with Gasteiger partial charge in [0.2, 0.25) is 10.0 Å². The number of hydrogen-bond donors (Lipinski definition) is 0. The summed E-state index contributed by atoms with van der Waals surface area (Å²) in [6.07, 6.45) is -4.64. The van der Waals surface area contributed by atoms with Gasteiger partial charge in [-0.2, -0.15) is 17.5 Å². The first kappa shape index (κ1) is 21.3. The van der Waals surface area contributed by atoms with Crippen LogP contribution >= 0.6 is 0 Å². The standard InChI is InChI=1S/C20H21F3N2O3S/c1-14-7-8-15(2)18(13-14)29(27,28)25-11-9-24(10-12-25)19(26)16-5-3-4-6-17(16)20(21,22)23/h3-8,13H,9-12H2,1-2H3. The summed E-state index contributed by atoms with van der Waals surface area (Å²) >= 11 is 0. The molecule has 9 heteroatoms. The number of piperazine rings is 1. The molecule has 0 aromatic heterocycles. The SMILES string of the molecule is Cc1ccc(C)c(S(=O)(=O)N2CCN(C(=O)c3ccccc3C(F)(F)F)CC2)c1. The maximum Gasteiger partial charge on any atom is 0.417 e. The second-order valence-corrected chi connectivity index (χ2v) is 8.91. The van der Waals surface area contributed by atoms with E-state index in [1.54, 1.807) is 26.0 Å². The Morgan fingerprint density at radius 3 is 2.21 bits per heavy atom. The van der Waals surface area contributed by atoms with Crippen molar-refractivity contribution in [3.63, 3.8) is 0 Å². The molecule has 0 spiro atoms. The lowest BCUT2D eigenvalue weighted by Gasteiger charge is -2.34. The first-order chi connectivity index (χ1) is 13.5. The molecule has 1 fully saturated rings. The maximum absolute atomic E-state index is 13.2. The minimum absolute atomic E-state index is 0.0229. The number of benzene rings is 2. The van der Waals surface area contributed by atoms with E-state index in [4.69, 9.17) is 0 Å². The largest absolute Gasteiger partial charge is 0.417 e. The number of rotatable bonds is 3. The fraction of sp³-hybridized carbons (Fsp3) is 0.350. The molecule has 2 aromatic carbocycles. The van der Waals surface area contributed by atoms with Crippen LogP contribution in [0.15, 0.2) is 47.4 Å². The van der Waals surface area contributed by atoms with E-state index in [2.05, 4.69) is 0 Å². The molecule has 0 unspecified atom stereocenters. The van der Waals surface area contributed by atoms with Gasteiger partial charge in [-0.15, -0.1) is 0 Å². The highest BCUT2D eigenvalue weighted by molar-refractivity contribution is 7.89. The maximum atomic E-state index is 13.2. The van der Waals surface area contributed by atoms with Gasteiger partial charge in [0.25, 0.3) is 5.91 Å². The van der Waals surface area contributed by atoms with Crippen molar-refractivity contribution in [1.82, 2.24) is 9.21 Å². The van der Waals surface area contributed by atoms with Gasteiger partial charge in [0, 0.05) is 26.2 Å². The van der Waals surface area contributed by atoms with E-state index in [0.717, 1.165) is 17.7 Å². The van der Waals surface area contributed by atoms with Crippen LogP contribution in [0, 0.1) is 13.8 Å². The number of aryl methyl sites for hydroxylation is 2. The number of sulfonamides is 1. The first-order valence-electron chi connectivity index (χ1n) is 9.05. The molecule has 0 bridgehead atoms. The molecule has 0 radical (unpaired) electrons. The Hall–Kier alpha value is -2.39. The quantitative estimate of drug-likeness (QED) is 0.755. The van der Waals surface area contributed by atoms with Gasteiger partial charge < -0.3 is 4.90 Å². The summed E-state index contributed by atoms with van der Waals surface area (Å²) in [5.74, 6) is -0.748. The minimum Gasteiger partial charge on any atom is -0.336 e. The summed E-state index contributed by atoms with van der Waals surface area (Å²) in [4.78, 5) is 14.1. The highest BCUT2D eigenvalue weighted by Crippen LogP contribution is 2.32. The minimum atomic E-state index is -4.64. The zero-order chi connectivity index (χ0) is 21.4. The van der Waals surface area contributed by atoms with Gasteiger partial charge in [-0.25, -0.2) is 8.42 Å². The number of hydrogen-bond acceptors (Lipinski definition) is 3. The lowest BCUT2D eigenvalue weighted by molar-refractivity contribution is -0.138. The summed E-state index contributed by atoms with van der Waals surface area (Å²) in [6, 6.07) is 9.78. The van der Waals surface area contributed by atoms with E-state index < -0.39 is 33.2 Å². The number of carbonyl (C=O) groups is 1. The van der Waals surface area contributed by atoms with Crippen LogP contribution in [0.4, 0.5) is 13.2 Å². The zero-order valence-corrected chi connectivity index (χ0v) is 16.8. The third-order valence-corrected chi connectivity index (χ3v) is 6.99. The lowest BCUT2D eigenvalue weighted by Crippen LogP contribution is -2.50. The van der Waals surface area contributed by atoms with Crippen molar-refractivity contribution in [2.24, 2.45) is 0 Å². The molecule has 1 aliphatic heterocycles. The molecule has 0 N–H and O–H groups in total. The molecule has 2 aromatic rings. The molecule has 5 nitrogen and oxygen atoms in total. The number of carbonyl (C=O) groups excluding carboxylic acids is 1. The number of amides is 1. The van der Waals surface area contributed by atoms with Gasteiger partial charge >= 0.3 is 6.18 Å². The van der Waals surface area contributed by atoms with E-state index in [9.17, 15) is 26.4 Å². The molecule has 0 atom stereocenters. The molecule has 1 heterocycles. The fourth-order valence-electron chi connectivity index (χ4n) is 3.34. The predicted molar refractivity (Wildman–Crippen MR) is 102 cm³/mol. The molecule has 0 saturated carbocycles. The van der Waals surface area contributed by atoms with Crippen molar-refractivity contribution < 1.29 is 26.4 Å². The molecule has 1 amide bonds. The highest BCUT2D eigenvalue weighted by atomic mass is 32.2. The summed E-state index contributed by atoms with van der Waals surface area (Å²) in [6.45, 7) is 3.60. The van der Waals surface area contributed by atoms with Crippen molar-refractivity contribution in [1.29, 1.82) is 0 Å². The Morgan fingerprint density at radius 1 is 0.966 bits per heavy atom. The van der Waals surface area contributed by atoms with Gasteiger partial charge in [0.15, 0.2) is 0 Å². The Morgan fingerprint density at radius 2 is 1.59 bits per heavy atom. The third-order valence-electron chi connectivity index (χ3n) is 4.95. The van der Waals surface area contributed by atoms with Gasteiger partial charge in [0.1, 0.15) is 0 Å². The molecule has 29 heavy (non-hydrogen) atoms. The van der Waals surface area contributed by atoms with Crippen LogP contribution < -0.4 is 0 Å². The van der Waals surface area contributed by atoms with Crippen molar-refractivity contribution >= 4 is 15.9 Å². The molecular formula is C20H21F3N2O3S. The second kappa shape index (κ2) is 7.79. The van der Waals surface area contributed by atoms with Crippen molar-refractivity contribution in [2.75, 3.05) is 26.2 Å². The summed E-state index contributed by atoms with van der Waals surface area (Å²) < 4.78 is 66.8. The van der Waals surface area contributed by atoms with Crippen LogP contribution in [0.5, 0.6) is 0 Å². The Kier molecular flexibility index (Phi) is 5.73. The smallest absolute Gasteiger partial charge is 0.336 e. The van der Waals surface area contributed by atoms with Crippen LogP contribution in [0.2, 0.25) is 0 Å². The topological polar surface area (TPSA) is 57.7 Å². The molecule has 3 rings (SSSR count). The normalized spacial score (nSPS) is 16.1. The fourth-order valence-corrected chi connectivity index (χ4v) is 5.07. The van der Waals surface area contributed by atoms with Crippen LogP contribution in [0.25, 0.3) is 0 Å². The predicted octanol–water partition coefficient (Wildman–Crippen LogP) is 3.47.